The second kappa shape index (κ2) is 9.30. The number of nitro groups is 1. The maximum atomic E-state index is 12.8. The van der Waals surface area contributed by atoms with Gasteiger partial charge in [0.05, 0.1) is 20.6 Å². The van der Waals surface area contributed by atoms with Gasteiger partial charge in [0.15, 0.2) is 0 Å². The fraction of sp³-hybridized carbons (Fsp3) is 0.136. The van der Waals surface area contributed by atoms with Crippen LogP contribution in [0.2, 0.25) is 0 Å². The molecule has 9 heteroatoms. The van der Waals surface area contributed by atoms with E-state index in [2.05, 4.69) is 27.8 Å². The molecule has 160 valence electrons. The Morgan fingerprint density at radius 3 is 2.32 bits per heavy atom. The number of ether oxygens (including phenoxy) is 1. The number of halogens is 4. The molecule has 5 nitrogen and oxygen atoms in total. The first-order valence-electron chi connectivity index (χ1n) is 9.13. The summed E-state index contributed by atoms with van der Waals surface area (Å²) in [6, 6.07) is 14.9. The minimum atomic E-state index is -4.69. The van der Waals surface area contributed by atoms with E-state index in [9.17, 15) is 23.3 Å². The molecule has 0 amide bonds. The minimum Gasteiger partial charge on any atom is -0.449 e. The van der Waals surface area contributed by atoms with Crippen LogP contribution >= 0.6 is 15.9 Å². The van der Waals surface area contributed by atoms with Crippen LogP contribution < -0.4 is 4.74 Å². The Hall–Kier alpha value is -3.20. The maximum Gasteiger partial charge on any atom is 0.416 e. The molecule has 0 fully saturated rings. The summed E-state index contributed by atoms with van der Waals surface area (Å²) in [4.78, 5) is 14.7. The van der Waals surface area contributed by atoms with Crippen LogP contribution in [0, 0.1) is 10.1 Å². The Morgan fingerprint density at radius 2 is 1.74 bits per heavy atom. The molecule has 0 atom stereocenters. The molecule has 31 heavy (non-hydrogen) atoms. The highest BCUT2D eigenvalue weighted by Gasteiger charge is 2.33. The molecule has 0 radical (unpaired) electrons. The van der Waals surface area contributed by atoms with Gasteiger partial charge in [0, 0.05) is 12.3 Å². The van der Waals surface area contributed by atoms with Crippen LogP contribution in [-0.4, -0.2) is 11.1 Å². The van der Waals surface area contributed by atoms with Gasteiger partial charge in [0.2, 0.25) is 5.75 Å². The zero-order valence-corrected chi connectivity index (χ0v) is 17.8. The number of rotatable bonds is 6. The van der Waals surface area contributed by atoms with Crippen molar-refractivity contribution >= 4 is 33.5 Å². The first-order chi connectivity index (χ1) is 14.7. The van der Waals surface area contributed by atoms with Crippen LogP contribution in [0.1, 0.15) is 23.6 Å². The largest absolute Gasteiger partial charge is 0.449 e. The highest BCUT2D eigenvalue weighted by atomic mass is 79.9. The molecular formula is C22H16BrF3N2O3. The molecule has 0 saturated heterocycles. The van der Waals surface area contributed by atoms with Gasteiger partial charge >= 0.3 is 11.9 Å². The van der Waals surface area contributed by atoms with Gasteiger partial charge in [-0.3, -0.25) is 15.1 Å². The molecule has 0 unspecified atom stereocenters. The maximum absolute atomic E-state index is 12.8. The van der Waals surface area contributed by atoms with E-state index in [0.29, 0.717) is 10.5 Å². The van der Waals surface area contributed by atoms with E-state index in [-0.39, 0.29) is 11.5 Å². The van der Waals surface area contributed by atoms with Crippen LogP contribution in [0.25, 0.3) is 0 Å². The number of benzene rings is 3. The van der Waals surface area contributed by atoms with Crippen molar-refractivity contribution in [3.8, 4) is 11.5 Å². The smallest absolute Gasteiger partial charge is 0.416 e. The summed E-state index contributed by atoms with van der Waals surface area (Å²) >= 11 is 3.32. The molecule has 0 bridgehead atoms. The predicted octanol–water partition coefficient (Wildman–Crippen LogP) is 7.48. The number of hydrogen-bond donors (Lipinski definition) is 0. The van der Waals surface area contributed by atoms with Gasteiger partial charge in [0.1, 0.15) is 5.75 Å². The van der Waals surface area contributed by atoms with E-state index < -0.39 is 22.4 Å². The summed E-state index contributed by atoms with van der Waals surface area (Å²) < 4.78 is 44.5. The second-order valence-electron chi connectivity index (χ2n) is 6.51. The lowest BCUT2D eigenvalue weighted by molar-refractivity contribution is -0.385. The van der Waals surface area contributed by atoms with E-state index in [1.54, 1.807) is 24.4 Å². The first kappa shape index (κ1) is 22.5. The number of aryl methyl sites for hydroxylation is 1. The van der Waals surface area contributed by atoms with Crippen LogP contribution in [0.3, 0.4) is 0 Å². The quantitative estimate of drug-likeness (QED) is 0.203. The molecule has 0 N–H and O–H groups in total. The highest BCUT2D eigenvalue weighted by Crippen LogP contribution is 2.39. The van der Waals surface area contributed by atoms with E-state index >= 15 is 0 Å². The van der Waals surface area contributed by atoms with E-state index in [1.165, 1.54) is 5.56 Å². The van der Waals surface area contributed by atoms with Gasteiger partial charge in [-0.15, -0.1) is 0 Å². The van der Waals surface area contributed by atoms with Gasteiger partial charge in [-0.25, -0.2) is 0 Å². The summed E-state index contributed by atoms with van der Waals surface area (Å²) in [5, 5.41) is 11.2. The predicted molar refractivity (Wildman–Crippen MR) is 115 cm³/mol. The molecule has 0 heterocycles. The molecule has 3 rings (SSSR count). The molecule has 0 aliphatic heterocycles. The Morgan fingerprint density at radius 1 is 1.06 bits per heavy atom. The van der Waals surface area contributed by atoms with Crippen molar-refractivity contribution in [1.82, 2.24) is 0 Å². The van der Waals surface area contributed by atoms with Crippen molar-refractivity contribution in [2.75, 3.05) is 0 Å². The van der Waals surface area contributed by atoms with Gasteiger partial charge in [-0.2, -0.15) is 13.2 Å². The Kier molecular flexibility index (Phi) is 6.74. The number of nitrogens with zero attached hydrogens (tertiary/aromatic N) is 2. The van der Waals surface area contributed by atoms with Crippen molar-refractivity contribution in [2.24, 2.45) is 4.99 Å². The molecule has 0 aromatic heterocycles. The topological polar surface area (TPSA) is 64.7 Å². The summed E-state index contributed by atoms with van der Waals surface area (Å²) in [6.07, 6.45) is -2.10. The summed E-state index contributed by atoms with van der Waals surface area (Å²) in [6.45, 7) is 2.07. The van der Waals surface area contributed by atoms with Gasteiger partial charge < -0.3 is 4.74 Å². The summed E-state index contributed by atoms with van der Waals surface area (Å²) in [5.41, 5.74) is 0.835. The third-order valence-electron chi connectivity index (χ3n) is 4.37. The molecular weight excluding hydrogens is 477 g/mol. The number of alkyl halides is 3. The van der Waals surface area contributed by atoms with E-state index in [4.69, 9.17) is 4.74 Å². The zero-order valence-electron chi connectivity index (χ0n) is 16.2. The van der Waals surface area contributed by atoms with Crippen LogP contribution in [0.15, 0.2) is 70.1 Å². The molecule has 0 aliphatic carbocycles. The fourth-order valence-corrected chi connectivity index (χ4v) is 3.17. The van der Waals surface area contributed by atoms with Crippen molar-refractivity contribution in [3.63, 3.8) is 0 Å². The van der Waals surface area contributed by atoms with E-state index in [1.807, 2.05) is 24.3 Å². The van der Waals surface area contributed by atoms with Crippen LogP contribution in [-0.2, 0) is 12.6 Å². The van der Waals surface area contributed by atoms with Gasteiger partial charge in [-0.1, -0.05) is 19.1 Å². The normalized spacial score (nSPS) is 11.6. The molecule has 0 saturated carbocycles. The van der Waals surface area contributed by atoms with Gasteiger partial charge in [-0.05, 0) is 75.9 Å². The highest BCUT2D eigenvalue weighted by molar-refractivity contribution is 9.10. The first-order valence-corrected chi connectivity index (χ1v) is 9.92. The lowest BCUT2D eigenvalue weighted by Gasteiger charge is -2.11. The van der Waals surface area contributed by atoms with Crippen LogP contribution in [0.4, 0.5) is 24.5 Å². The number of nitro benzene ring substituents is 1. The SMILES string of the molecule is CCc1ccc(N=Cc2ccc(Oc3ccc(C(F)(F)F)cc3[N+](=O)[O-])c(Br)c2)cc1. The Bertz CT molecular complexity index is 1130. The lowest BCUT2D eigenvalue weighted by atomic mass is 10.1. The lowest BCUT2D eigenvalue weighted by Crippen LogP contribution is -2.06. The second-order valence-corrected chi connectivity index (χ2v) is 7.36. The average molecular weight is 493 g/mol. The van der Waals surface area contributed by atoms with E-state index in [0.717, 1.165) is 29.8 Å². The summed E-state index contributed by atoms with van der Waals surface area (Å²) in [7, 11) is 0. The van der Waals surface area contributed by atoms with Crippen molar-refractivity contribution in [3.05, 3.63) is 91.9 Å². The molecule has 3 aromatic carbocycles. The number of aliphatic imine (C=N–C) groups is 1. The minimum absolute atomic E-state index is 0.215. The van der Waals surface area contributed by atoms with Crippen LogP contribution in [0.5, 0.6) is 11.5 Å². The molecule has 0 aliphatic rings. The van der Waals surface area contributed by atoms with Crippen molar-refractivity contribution in [1.29, 1.82) is 0 Å². The zero-order chi connectivity index (χ0) is 22.6. The average Bonchev–Trinajstić information content (AvgIpc) is 2.73. The third-order valence-corrected chi connectivity index (χ3v) is 4.99. The van der Waals surface area contributed by atoms with Crippen molar-refractivity contribution in [2.45, 2.75) is 19.5 Å². The monoisotopic (exact) mass is 492 g/mol. The molecule has 3 aromatic rings. The Labute approximate surface area is 184 Å². The fourth-order valence-electron chi connectivity index (χ4n) is 2.69. The third kappa shape index (κ3) is 5.69. The number of hydrogen-bond acceptors (Lipinski definition) is 4. The van der Waals surface area contributed by atoms with Crippen molar-refractivity contribution < 1.29 is 22.8 Å². The standard InChI is InChI=1S/C22H16BrF3N2O3/c1-2-14-3-7-17(8-4-14)27-13-15-5-9-20(18(23)11-15)31-21-10-6-16(22(24,25)26)12-19(21)28(29)30/h3-13H,2H2,1H3. The van der Waals surface area contributed by atoms with Gasteiger partial charge in [0.25, 0.3) is 0 Å². The Balaban J connectivity index is 1.82. The summed E-state index contributed by atoms with van der Waals surface area (Å²) in [5.74, 6) is -0.0801. The molecule has 0 spiro atoms.